The Kier molecular flexibility index (Phi) is 3.26. The van der Waals surface area contributed by atoms with Crippen molar-refractivity contribution < 1.29 is 0 Å². The Balaban J connectivity index is 2.09. The molecule has 0 atom stereocenters. The largest absolute Gasteiger partial charge is 0.345 e. The third-order valence-electron chi connectivity index (χ3n) is 2.54. The van der Waals surface area contributed by atoms with Gasteiger partial charge in [0.25, 0.3) is 0 Å². The van der Waals surface area contributed by atoms with E-state index in [2.05, 4.69) is 23.7 Å². The Morgan fingerprint density at radius 1 is 1.60 bits per heavy atom. The lowest BCUT2D eigenvalue weighted by molar-refractivity contribution is 0.606. The van der Waals surface area contributed by atoms with Gasteiger partial charge in [0.2, 0.25) is 0 Å². The van der Waals surface area contributed by atoms with E-state index in [0.29, 0.717) is 12.5 Å². The minimum atomic E-state index is 0.609. The van der Waals surface area contributed by atoms with Crippen LogP contribution in [0.25, 0.3) is 0 Å². The Morgan fingerprint density at radius 3 is 2.80 bits per heavy atom. The first-order chi connectivity index (χ1) is 7.20. The van der Waals surface area contributed by atoms with Gasteiger partial charge in [0.1, 0.15) is 0 Å². The van der Waals surface area contributed by atoms with E-state index in [4.69, 9.17) is 5.73 Å². The zero-order valence-electron chi connectivity index (χ0n) is 9.44. The molecular formula is C11H19N3S. The third-order valence-corrected chi connectivity index (χ3v) is 3.59. The Labute approximate surface area is 95.3 Å². The van der Waals surface area contributed by atoms with Crippen LogP contribution in [0.5, 0.6) is 0 Å². The van der Waals surface area contributed by atoms with Gasteiger partial charge in [-0.3, -0.25) is 0 Å². The van der Waals surface area contributed by atoms with Gasteiger partial charge >= 0.3 is 0 Å². The first kappa shape index (κ1) is 10.9. The minimum absolute atomic E-state index is 0.609. The van der Waals surface area contributed by atoms with Crippen LogP contribution >= 0.6 is 11.3 Å². The molecule has 0 amide bonds. The zero-order chi connectivity index (χ0) is 10.8. The molecule has 1 saturated carbocycles. The summed E-state index contributed by atoms with van der Waals surface area (Å²) in [6, 6.07) is 0.740. The molecule has 2 N–H and O–H groups in total. The van der Waals surface area contributed by atoms with E-state index < -0.39 is 0 Å². The smallest absolute Gasteiger partial charge is 0.185 e. The summed E-state index contributed by atoms with van der Waals surface area (Å²) < 4.78 is 0. The quantitative estimate of drug-likeness (QED) is 0.835. The molecule has 0 aromatic carbocycles. The lowest BCUT2D eigenvalue weighted by atomic mass is 10.2. The average molecular weight is 225 g/mol. The van der Waals surface area contributed by atoms with Gasteiger partial charge in [0, 0.05) is 30.2 Å². The molecule has 3 nitrogen and oxygen atoms in total. The maximum absolute atomic E-state index is 5.61. The molecule has 0 unspecified atom stereocenters. The van der Waals surface area contributed by atoms with Crippen LogP contribution in [0.2, 0.25) is 0 Å². The summed E-state index contributed by atoms with van der Waals surface area (Å²) in [5.74, 6) is 0.691. The highest BCUT2D eigenvalue weighted by atomic mass is 32.1. The number of hydrogen-bond acceptors (Lipinski definition) is 4. The summed E-state index contributed by atoms with van der Waals surface area (Å²) in [6.45, 7) is 6.24. The van der Waals surface area contributed by atoms with E-state index in [1.807, 2.05) is 6.20 Å². The van der Waals surface area contributed by atoms with Crippen molar-refractivity contribution in [3.63, 3.8) is 0 Å². The summed E-state index contributed by atoms with van der Waals surface area (Å²) in [6.07, 6.45) is 4.56. The summed E-state index contributed by atoms with van der Waals surface area (Å²) in [5, 5.41) is 1.16. The van der Waals surface area contributed by atoms with E-state index in [-0.39, 0.29) is 0 Å². The fourth-order valence-electron chi connectivity index (χ4n) is 1.69. The molecule has 0 spiro atoms. The molecule has 0 saturated heterocycles. The third kappa shape index (κ3) is 2.69. The Morgan fingerprint density at radius 2 is 2.33 bits per heavy atom. The minimum Gasteiger partial charge on any atom is -0.345 e. The summed E-state index contributed by atoms with van der Waals surface area (Å²) in [5.41, 5.74) is 5.61. The zero-order valence-corrected chi connectivity index (χ0v) is 10.3. The van der Waals surface area contributed by atoms with Crippen LogP contribution in [0.15, 0.2) is 6.20 Å². The fraction of sp³-hybridized carbons (Fsp3) is 0.727. The van der Waals surface area contributed by atoms with Crippen molar-refractivity contribution in [1.82, 2.24) is 4.98 Å². The Bertz CT molecular complexity index is 317. The number of thiazole rings is 1. The first-order valence-corrected chi connectivity index (χ1v) is 6.43. The van der Waals surface area contributed by atoms with Crippen molar-refractivity contribution >= 4 is 16.5 Å². The second-order valence-electron chi connectivity index (χ2n) is 4.59. The Hall–Kier alpha value is -0.610. The van der Waals surface area contributed by atoms with Gasteiger partial charge in [0.05, 0.1) is 0 Å². The maximum atomic E-state index is 5.61. The second-order valence-corrected chi connectivity index (χ2v) is 5.68. The monoisotopic (exact) mass is 225 g/mol. The number of anilines is 1. The van der Waals surface area contributed by atoms with Gasteiger partial charge in [-0.2, -0.15) is 0 Å². The van der Waals surface area contributed by atoms with Crippen LogP contribution in [0, 0.1) is 5.92 Å². The van der Waals surface area contributed by atoms with Crippen LogP contribution in [0.1, 0.15) is 31.6 Å². The van der Waals surface area contributed by atoms with Crippen LogP contribution in [0.3, 0.4) is 0 Å². The van der Waals surface area contributed by atoms with Crippen LogP contribution < -0.4 is 10.6 Å². The highest BCUT2D eigenvalue weighted by Crippen LogP contribution is 2.34. The maximum Gasteiger partial charge on any atom is 0.185 e. The molecule has 0 radical (unpaired) electrons. The predicted octanol–water partition coefficient (Wildman–Crippen LogP) is 2.23. The van der Waals surface area contributed by atoms with Crippen molar-refractivity contribution in [1.29, 1.82) is 0 Å². The van der Waals surface area contributed by atoms with E-state index in [1.54, 1.807) is 11.3 Å². The fourth-order valence-corrected chi connectivity index (χ4v) is 2.56. The molecule has 2 rings (SSSR count). The van der Waals surface area contributed by atoms with Crippen LogP contribution in [0.4, 0.5) is 5.13 Å². The predicted molar refractivity (Wildman–Crippen MR) is 65.2 cm³/mol. The molecule has 0 aliphatic heterocycles. The van der Waals surface area contributed by atoms with Gasteiger partial charge in [-0.05, 0) is 18.8 Å². The second kappa shape index (κ2) is 4.49. The standard InChI is InChI=1S/C11H19N3S/c1-8(2)7-14(9-3-4-9)11-13-6-10(5-12)15-11/h6,8-9H,3-5,7,12H2,1-2H3. The van der Waals surface area contributed by atoms with Crippen molar-refractivity contribution in [3.8, 4) is 0 Å². The van der Waals surface area contributed by atoms with Crippen molar-refractivity contribution in [2.45, 2.75) is 39.3 Å². The molecule has 1 aliphatic rings. The molecule has 1 aromatic heterocycles. The van der Waals surface area contributed by atoms with Crippen molar-refractivity contribution in [2.24, 2.45) is 11.7 Å². The molecular weight excluding hydrogens is 206 g/mol. The molecule has 84 valence electrons. The molecule has 0 bridgehead atoms. The topological polar surface area (TPSA) is 42.2 Å². The molecule has 1 heterocycles. The molecule has 1 aliphatic carbocycles. The molecule has 4 heteroatoms. The number of hydrogen-bond donors (Lipinski definition) is 1. The van der Waals surface area contributed by atoms with E-state index in [1.165, 1.54) is 17.7 Å². The summed E-state index contributed by atoms with van der Waals surface area (Å²) in [7, 11) is 0. The molecule has 1 aromatic rings. The van der Waals surface area contributed by atoms with E-state index >= 15 is 0 Å². The highest BCUT2D eigenvalue weighted by molar-refractivity contribution is 7.15. The average Bonchev–Trinajstić information content (AvgIpc) is 2.92. The molecule has 1 fully saturated rings. The van der Waals surface area contributed by atoms with Crippen molar-refractivity contribution in [2.75, 3.05) is 11.4 Å². The van der Waals surface area contributed by atoms with Gasteiger partial charge in [-0.1, -0.05) is 13.8 Å². The summed E-state index contributed by atoms with van der Waals surface area (Å²) in [4.78, 5) is 8.10. The summed E-state index contributed by atoms with van der Waals surface area (Å²) >= 11 is 1.74. The number of nitrogens with two attached hydrogens (primary N) is 1. The van der Waals surface area contributed by atoms with Gasteiger partial charge in [-0.25, -0.2) is 4.98 Å². The van der Waals surface area contributed by atoms with Crippen LogP contribution in [-0.4, -0.2) is 17.6 Å². The lowest BCUT2D eigenvalue weighted by Crippen LogP contribution is -2.29. The molecule has 15 heavy (non-hydrogen) atoms. The van der Waals surface area contributed by atoms with Gasteiger partial charge in [-0.15, -0.1) is 11.3 Å². The first-order valence-electron chi connectivity index (χ1n) is 5.62. The normalized spacial score (nSPS) is 16.0. The van der Waals surface area contributed by atoms with E-state index in [0.717, 1.165) is 17.7 Å². The number of rotatable bonds is 5. The van der Waals surface area contributed by atoms with Crippen LogP contribution in [-0.2, 0) is 6.54 Å². The number of nitrogens with zero attached hydrogens (tertiary/aromatic N) is 2. The van der Waals surface area contributed by atoms with Gasteiger partial charge < -0.3 is 10.6 Å². The lowest BCUT2D eigenvalue weighted by Gasteiger charge is -2.23. The van der Waals surface area contributed by atoms with Gasteiger partial charge in [0.15, 0.2) is 5.13 Å². The van der Waals surface area contributed by atoms with E-state index in [9.17, 15) is 0 Å². The number of aromatic nitrogens is 1. The highest BCUT2D eigenvalue weighted by Gasteiger charge is 2.31. The SMILES string of the molecule is CC(C)CN(c1ncc(CN)s1)C1CC1. The van der Waals surface area contributed by atoms with Crippen molar-refractivity contribution in [3.05, 3.63) is 11.1 Å².